The smallest absolute Gasteiger partial charge is 0.267 e. The van der Waals surface area contributed by atoms with E-state index >= 15 is 0 Å². The van der Waals surface area contributed by atoms with Crippen molar-refractivity contribution in [3.63, 3.8) is 0 Å². The first kappa shape index (κ1) is 18.7. The Morgan fingerprint density at radius 2 is 1.96 bits per heavy atom. The molecule has 0 radical (unpaired) electrons. The van der Waals surface area contributed by atoms with Gasteiger partial charge in [0, 0.05) is 15.3 Å². The highest BCUT2D eigenvalue weighted by molar-refractivity contribution is 8.26. The highest BCUT2D eigenvalue weighted by Crippen LogP contribution is 2.33. The van der Waals surface area contributed by atoms with Crippen molar-refractivity contribution >= 4 is 69.1 Å². The summed E-state index contributed by atoms with van der Waals surface area (Å²) < 4.78 is 0.317. The predicted molar refractivity (Wildman–Crippen MR) is 115 cm³/mol. The van der Waals surface area contributed by atoms with Crippen molar-refractivity contribution in [1.82, 2.24) is 10.4 Å². The fourth-order valence-corrected chi connectivity index (χ4v) is 5.55. The molecule has 1 aliphatic carbocycles. The van der Waals surface area contributed by atoms with Gasteiger partial charge in [0.15, 0.2) is 4.32 Å². The fraction of sp³-hybridized carbons (Fsp3) is 0.211. The number of thiophene rings is 1. The number of amides is 2. The largest absolute Gasteiger partial charge is 0.285 e. The lowest BCUT2D eigenvalue weighted by molar-refractivity contribution is -0.123. The number of benzene rings is 1. The summed E-state index contributed by atoms with van der Waals surface area (Å²) in [6.45, 7) is 0. The summed E-state index contributed by atoms with van der Waals surface area (Å²) in [7, 11) is 0. The van der Waals surface area contributed by atoms with Gasteiger partial charge in [-0.1, -0.05) is 35.5 Å². The molecule has 0 saturated carbocycles. The summed E-state index contributed by atoms with van der Waals surface area (Å²) in [6, 6.07) is 7.17. The van der Waals surface area contributed by atoms with Crippen LogP contribution in [0.5, 0.6) is 0 Å². The van der Waals surface area contributed by atoms with Crippen LogP contribution in [-0.2, 0) is 17.6 Å². The zero-order valence-electron chi connectivity index (χ0n) is 14.2. The molecular weight excluding hydrogens is 420 g/mol. The zero-order valence-corrected chi connectivity index (χ0v) is 17.4. The van der Waals surface area contributed by atoms with Crippen LogP contribution >= 0.6 is 46.9 Å². The number of hydrogen-bond acceptors (Lipinski definition) is 5. The molecule has 2 aromatic rings. The molecule has 8 heteroatoms. The lowest BCUT2D eigenvalue weighted by Crippen LogP contribution is -2.45. The Bertz CT molecular complexity index is 966. The molecule has 1 saturated heterocycles. The van der Waals surface area contributed by atoms with Crippen LogP contribution in [0.3, 0.4) is 0 Å². The molecule has 4 nitrogen and oxygen atoms in total. The van der Waals surface area contributed by atoms with Crippen molar-refractivity contribution in [3.05, 3.63) is 61.1 Å². The van der Waals surface area contributed by atoms with Crippen molar-refractivity contribution < 1.29 is 9.59 Å². The van der Waals surface area contributed by atoms with Crippen molar-refractivity contribution in [2.45, 2.75) is 25.7 Å². The van der Waals surface area contributed by atoms with E-state index in [2.05, 4.69) is 5.43 Å². The molecule has 1 aromatic carbocycles. The van der Waals surface area contributed by atoms with Gasteiger partial charge in [-0.3, -0.25) is 15.0 Å². The van der Waals surface area contributed by atoms with Gasteiger partial charge in [-0.05, 0) is 67.2 Å². The number of rotatable bonds is 3. The number of nitrogens with zero attached hydrogens (tertiary/aromatic N) is 1. The molecule has 1 fully saturated rings. The molecule has 2 amide bonds. The van der Waals surface area contributed by atoms with E-state index in [1.165, 1.54) is 23.1 Å². The number of hydrazine groups is 1. The highest BCUT2D eigenvalue weighted by atomic mass is 35.5. The average Bonchev–Trinajstić information content (AvgIpc) is 3.20. The number of thiocarbonyl (C=S) groups is 1. The maximum atomic E-state index is 12.7. The minimum Gasteiger partial charge on any atom is -0.267 e. The van der Waals surface area contributed by atoms with Crippen molar-refractivity contribution in [1.29, 1.82) is 0 Å². The summed E-state index contributed by atoms with van der Waals surface area (Å²) in [5.41, 5.74) is 5.30. The second-order valence-corrected chi connectivity index (χ2v) is 9.34. The van der Waals surface area contributed by atoms with Crippen LogP contribution in [0.15, 0.2) is 34.6 Å². The standard InChI is InChI=1S/C19H15ClN2O2S3/c20-12-7-5-11(6-8-12)9-16-18(24)22(19(25)27-16)21-17(23)14-10-26-15-4-2-1-3-13(14)15/h5-10H,1-4H2,(H,21,23). The molecule has 1 aromatic heterocycles. The zero-order chi connectivity index (χ0) is 19.0. The van der Waals surface area contributed by atoms with Crippen LogP contribution in [0.25, 0.3) is 6.08 Å². The van der Waals surface area contributed by atoms with Gasteiger partial charge in [-0.25, -0.2) is 0 Å². The number of carbonyl (C=O) groups excluding carboxylic acids is 2. The third-order valence-corrected chi connectivity index (χ3v) is 7.12. The number of halogens is 1. The first-order valence-corrected chi connectivity index (χ1v) is 10.9. The van der Waals surface area contributed by atoms with E-state index in [1.807, 2.05) is 17.5 Å². The fourth-order valence-electron chi connectivity index (χ4n) is 3.12. The minimum absolute atomic E-state index is 0.279. The van der Waals surface area contributed by atoms with E-state index in [4.69, 9.17) is 23.8 Å². The number of nitrogens with one attached hydrogen (secondary N) is 1. The first-order valence-electron chi connectivity index (χ1n) is 8.46. The van der Waals surface area contributed by atoms with Gasteiger partial charge in [0.2, 0.25) is 0 Å². The molecule has 1 aliphatic heterocycles. The Balaban J connectivity index is 1.52. The van der Waals surface area contributed by atoms with Gasteiger partial charge in [0.1, 0.15) is 0 Å². The summed E-state index contributed by atoms with van der Waals surface area (Å²) >= 11 is 14.0. The summed E-state index contributed by atoms with van der Waals surface area (Å²) in [6.07, 6.45) is 5.94. The third-order valence-electron chi connectivity index (χ3n) is 4.48. The second-order valence-electron chi connectivity index (χ2n) is 6.27. The molecule has 27 heavy (non-hydrogen) atoms. The molecule has 2 aliphatic rings. The number of hydrogen-bond donors (Lipinski definition) is 1. The molecule has 0 atom stereocenters. The molecule has 0 spiro atoms. The Morgan fingerprint density at radius 3 is 2.74 bits per heavy atom. The van der Waals surface area contributed by atoms with Crippen LogP contribution in [0.4, 0.5) is 0 Å². The van der Waals surface area contributed by atoms with E-state index < -0.39 is 0 Å². The number of fused-ring (bicyclic) bond motifs is 1. The van der Waals surface area contributed by atoms with Crippen LogP contribution in [0.1, 0.15) is 39.2 Å². The van der Waals surface area contributed by atoms with Gasteiger partial charge in [-0.15, -0.1) is 11.3 Å². The summed E-state index contributed by atoms with van der Waals surface area (Å²) in [4.78, 5) is 27.2. The lowest BCUT2D eigenvalue weighted by atomic mass is 9.96. The first-order chi connectivity index (χ1) is 13.0. The maximum absolute atomic E-state index is 12.7. The van der Waals surface area contributed by atoms with Crippen molar-refractivity contribution in [2.75, 3.05) is 0 Å². The Kier molecular flexibility index (Phi) is 5.36. The van der Waals surface area contributed by atoms with E-state index in [1.54, 1.807) is 29.5 Å². The topological polar surface area (TPSA) is 49.4 Å². The normalized spacial score (nSPS) is 18.1. The lowest BCUT2D eigenvalue weighted by Gasteiger charge is -2.17. The van der Waals surface area contributed by atoms with Crippen LogP contribution in [0, 0.1) is 0 Å². The molecule has 4 rings (SSSR count). The van der Waals surface area contributed by atoms with E-state index in [9.17, 15) is 9.59 Å². The van der Waals surface area contributed by atoms with Crippen LogP contribution in [-0.4, -0.2) is 21.1 Å². The minimum atomic E-state index is -0.322. The van der Waals surface area contributed by atoms with Crippen LogP contribution in [0.2, 0.25) is 5.02 Å². The molecular formula is C19H15ClN2O2S3. The molecule has 0 unspecified atom stereocenters. The van der Waals surface area contributed by atoms with Gasteiger partial charge in [-0.2, -0.15) is 5.01 Å². The van der Waals surface area contributed by atoms with E-state index in [0.29, 0.717) is 19.8 Å². The van der Waals surface area contributed by atoms with Crippen molar-refractivity contribution in [2.24, 2.45) is 0 Å². The molecule has 2 heterocycles. The average molecular weight is 435 g/mol. The third kappa shape index (κ3) is 3.82. The Morgan fingerprint density at radius 1 is 1.22 bits per heavy atom. The van der Waals surface area contributed by atoms with Gasteiger partial charge in [0.25, 0.3) is 11.8 Å². The van der Waals surface area contributed by atoms with Crippen LogP contribution < -0.4 is 5.43 Å². The second kappa shape index (κ2) is 7.75. The summed E-state index contributed by atoms with van der Waals surface area (Å²) in [5.74, 6) is -0.601. The Hall–Kier alpha value is -1.67. The highest BCUT2D eigenvalue weighted by Gasteiger charge is 2.34. The monoisotopic (exact) mass is 434 g/mol. The quantitative estimate of drug-likeness (QED) is 0.555. The number of carbonyl (C=O) groups is 2. The van der Waals surface area contributed by atoms with Crippen molar-refractivity contribution in [3.8, 4) is 0 Å². The van der Waals surface area contributed by atoms with Gasteiger partial charge < -0.3 is 0 Å². The van der Waals surface area contributed by atoms with Gasteiger partial charge >= 0.3 is 0 Å². The predicted octanol–water partition coefficient (Wildman–Crippen LogP) is 4.83. The molecule has 138 valence electrons. The van der Waals surface area contributed by atoms with E-state index in [0.717, 1.165) is 35.4 Å². The Labute approximate surface area is 175 Å². The maximum Gasteiger partial charge on any atom is 0.285 e. The SMILES string of the molecule is O=C(NN1C(=O)C(=Cc2ccc(Cl)cc2)SC1=S)c1csc2c1CCCC2. The molecule has 0 bridgehead atoms. The number of thioether (sulfide) groups is 1. The number of aryl methyl sites for hydroxylation is 1. The van der Waals surface area contributed by atoms with E-state index in [-0.39, 0.29) is 11.8 Å². The van der Waals surface area contributed by atoms with Gasteiger partial charge in [0.05, 0.1) is 10.5 Å². The summed E-state index contributed by atoms with van der Waals surface area (Å²) in [5, 5.41) is 3.68. The molecule has 1 N–H and O–H groups in total.